The van der Waals surface area contributed by atoms with E-state index in [9.17, 15) is 30.7 Å². The molecule has 5 aromatic carbocycles. The summed E-state index contributed by atoms with van der Waals surface area (Å²) >= 11 is 0. The molecule has 236 valence electrons. The largest absolute Gasteiger partial charge is 0.209 e. The van der Waals surface area contributed by atoms with Crippen LogP contribution in [-0.2, 0) is 0 Å². The highest BCUT2D eigenvalue weighted by Gasteiger charge is 2.20. The minimum absolute atomic E-state index is 0.0118. The van der Waals surface area contributed by atoms with Crippen LogP contribution in [0, 0.1) is 40.7 Å². The zero-order chi connectivity index (χ0) is 33.1. The summed E-state index contributed by atoms with van der Waals surface area (Å²) in [5, 5.41) is 0. The number of halogens is 9. The first-order valence-electron chi connectivity index (χ1n) is 14.4. The van der Waals surface area contributed by atoms with Crippen molar-refractivity contribution in [1.82, 2.24) is 0 Å². The molecule has 0 unspecified atom stereocenters. The summed E-state index contributed by atoms with van der Waals surface area (Å²) in [6.45, 7) is 1.96. The molecule has 0 fully saturated rings. The minimum Gasteiger partial charge on any atom is -0.209 e. The molecule has 5 rings (SSSR count). The summed E-state index contributed by atoms with van der Waals surface area (Å²) in [5.41, 5.74) is -0.688. The van der Waals surface area contributed by atoms with Crippen molar-refractivity contribution in [3.05, 3.63) is 137 Å². The molecule has 0 N–H and O–H groups in total. The maximum atomic E-state index is 15.2. The Morgan fingerprint density at radius 1 is 0.478 bits per heavy atom. The van der Waals surface area contributed by atoms with E-state index < -0.39 is 63.5 Å². The smallest absolute Gasteiger partial charge is 0.194 e. The Hall–Kier alpha value is -4.79. The lowest BCUT2D eigenvalue weighted by Crippen LogP contribution is -1.97. The third kappa shape index (κ3) is 6.73. The fourth-order valence-corrected chi connectivity index (χ4v) is 5.16. The average molecular weight is 641 g/mol. The molecule has 5 aromatic rings. The van der Waals surface area contributed by atoms with Gasteiger partial charge in [-0.25, -0.2) is 39.5 Å². The highest BCUT2D eigenvalue weighted by molar-refractivity contribution is 5.76. The van der Waals surface area contributed by atoms with E-state index >= 15 is 8.78 Å². The van der Waals surface area contributed by atoms with E-state index in [4.69, 9.17) is 0 Å². The first kappa shape index (κ1) is 32.6. The molecular weight excluding hydrogens is 615 g/mol. The van der Waals surface area contributed by atoms with E-state index in [1.807, 2.05) is 6.92 Å². The minimum atomic E-state index is -1.79. The van der Waals surface area contributed by atoms with Gasteiger partial charge < -0.3 is 0 Å². The number of benzene rings is 5. The van der Waals surface area contributed by atoms with Gasteiger partial charge in [0.05, 0.1) is 5.56 Å². The fourth-order valence-electron chi connectivity index (χ4n) is 5.16. The zero-order valence-electron chi connectivity index (χ0n) is 24.3. The number of rotatable bonds is 9. The Bertz CT molecular complexity index is 1900. The van der Waals surface area contributed by atoms with Gasteiger partial charge in [0.25, 0.3) is 0 Å². The zero-order valence-corrected chi connectivity index (χ0v) is 24.3. The molecular formula is C37H25F9. The van der Waals surface area contributed by atoms with Gasteiger partial charge >= 0.3 is 0 Å². The van der Waals surface area contributed by atoms with Crippen molar-refractivity contribution in [2.24, 2.45) is 0 Å². The predicted molar refractivity (Wildman–Crippen MR) is 161 cm³/mol. The molecule has 0 nitrogen and oxygen atoms in total. The quantitative estimate of drug-likeness (QED) is 0.0854. The van der Waals surface area contributed by atoms with Gasteiger partial charge in [-0.1, -0.05) is 68.3 Å². The van der Waals surface area contributed by atoms with Crippen LogP contribution in [-0.4, -0.2) is 0 Å². The highest BCUT2D eigenvalue weighted by atomic mass is 19.2. The molecule has 0 atom stereocenters. The van der Waals surface area contributed by atoms with Gasteiger partial charge in [-0.3, -0.25) is 0 Å². The number of unbranched alkanes of at least 4 members (excludes halogenated alkanes) is 2. The van der Waals surface area contributed by atoms with Crippen LogP contribution >= 0.6 is 0 Å². The lowest BCUT2D eigenvalue weighted by atomic mass is 9.95. The number of allylic oxidation sites excluding steroid dienone is 1. The van der Waals surface area contributed by atoms with Crippen molar-refractivity contribution in [1.29, 1.82) is 0 Å². The van der Waals surface area contributed by atoms with Crippen molar-refractivity contribution in [3.8, 4) is 44.5 Å². The Kier molecular flexibility index (Phi) is 9.70. The summed E-state index contributed by atoms with van der Waals surface area (Å²) in [6.07, 6.45) is 2.23. The third-order valence-corrected chi connectivity index (χ3v) is 7.58. The Labute approximate surface area is 259 Å². The van der Waals surface area contributed by atoms with Crippen molar-refractivity contribution < 1.29 is 39.5 Å². The Morgan fingerprint density at radius 2 is 0.957 bits per heavy atom. The van der Waals surface area contributed by atoms with Crippen LogP contribution in [0.25, 0.3) is 50.3 Å². The van der Waals surface area contributed by atoms with Gasteiger partial charge in [-0.15, -0.1) is 0 Å². The van der Waals surface area contributed by atoms with E-state index in [2.05, 4.69) is 0 Å². The SMILES string of the molecule is CCCCC/C(F)=C(\F)c1ccc(-c2ccc(-c3ccc(-c4cc(F)c(-c5cc(F)c(F)c(F)c5)c(F)c4)c(F)c3)c(F)c2)cc1. The van der Waals surface area contributed by atoms with Crippen LogP contribution in [0.5, 0.6) is 0 Å². The fraction of sp³-hybridized carbons (Fsp3) is 0.135. The van der Waals surface area contributed by atoms with E-state index in [1.54, 1.807) is 6.07 Å². The van der Waals surface area contributed by atoms with Gasteiger partial charge in [0.15, 0.2) is 23.3 Å². The van der Waals surface area contributed by atoms with Crippen LogP contribution in [0.4, 0.5) is 39.5 Å². The monoisotopic (exact) mass is 640 g/mol. The summed E-state index contributed by atoms with van der Waals surface area (Å²) in [6, 6.07) is 16.0. The average Bonchev–Trinajstić information content (AvgIpc) is 3.03. The summed E-state index contributed by atoms with van der Waals surface area (Å²) in [4.78, 5) is 0. The standard InChI is InChI=1S/C37H25F9/c1-2-3-4-5-28(38)36(45)21-8-6-20(7-9-21)22-10-12-26(29(39)14-22)23-11-13-27(30(40)15-23)24-16-31(41)35(32(42)17-24)25-18-33(43)37(46)34(44)19-25/h6-19H,2-5H2,1H3/b36-28+. The van der Waals surface area contributed by atoms with Crippen molar-refractivity contribution in [2.75, 3.05) is 0 Å². The van der Waals surface area contributed by atoms with Crippen LogP contribution in [0.3, 0.4) is 0 Å². The maximum absolute atomic E-state index is 15.2. The molecule has 0 aliphatic rings. The summed E-state index contributed by atoms with van der Waals surface area (Å²) in [7, 11) is 0. The molecule has 0 saturated carbocycles. The summed E-state index contributed by atoms with van der Waals surface area (Å²) in [5.74, 6) is -11.0. The second-order valence-electron chi connectivity index (χ2n) is 10.7. The molecule has 0 aliphatic heterocycles. The topological polar surface area (TPSA) is 0 Å². The highest BCUT2D eigenvalue weighted by Crippen LogP contribution is 2.36. The van der Waals surface area contributed by atoms with Gasteiger partial charge in [0.1, 0.15) is 29.1 Å². The molecule has 0 spiro atoms. The van der Waals surface area contributed by atoms with Crippen LogP contribution in [0.1, 0.15) is 38.2 Å². The van der Waals surface area contributed by atoms with Crippen LogP contribution < -0.4 is 0 Å². The van der Waals surface area contributed by atoms with Crippen LogP contribution in [0.15, 0.2) is 90.8 Å². The van der Waals surface area contributed by atoms with E-state index in [0.717, 1.165) is 31.0 Å². The van der Waals surface area contributed by atoms with Crippen LogP contribution in [0.2, 0.25) is 0 Å². The molecule has 0 radical (unpaired) electrons. The lowest BCUT2D eigenvalue weighted by Gasteiger charge is -2.12. The van der Waals surface area contributed by atoms with E-state index in [1.165, 1.54) is 48.5 Å². The molecule has 9 heteroatoms. The second kappa shape index (κ2) is 13.7. The molecule has 0 saturated heterocycles. The van der Waals surface area contributed by atoms with Crippen molar-refractivity contribution in [2.45, 2.75) is 32.6 Å². The normalized spacial score (nSPS) is 12.0. The van der Waals surface area contributed by atoms with Gasteiger partial charge in [-0.05, 0) is 70.6 Å². The molecule has 46 heavy (non-hydrogen) atoms. The van der Waals surface area contributed by atoms with E-state index in [0.29, 0.717) is 29.7 Å². The number of hydrogen-bond donors (Lipinski definition) is 0. The molecule has 0 aliphatic carbocycles. The maximum Gasteiger partial charge on any atom is 0.194 e. The van der Waals surface area contributed by atoms with Crippen molar-refractivity contribution >= 4 is 5.83 Å². The first-order valence-corrected chi connectivity index (χ1v) is 14.4. The molecule has 0 aromatic heterocycles. The van der Waals surface area contributed by atoms with Crippen molar-refractivity contribution in [3.63, 3.8) is 0 Å². The molecule has 0 bridgehead atoms. The van der Waals surface area contributed by atoms with E-state index in [-0.39, 0.29) is 34.2 Å². The Morgan fingerprint density at radius 3 is 1.52 bits per heavy atom. The molecule has 0 heterocycles. The lowest BCUT2D eigenvalue weighted by molar-refractivity contribution is 0.447. The Balaban J connectivity index is 1.38. The van der Waals surface area contributed by atoms with Gasteiger partial charge in [0, 0.05) is 23.1 Å². The summed E-state index contributed by atoms with van der Waals surface area (Å²) < 4.78 is 129. The third-order valence-electron chi connectivity index (χ3n) is 7.58. The molecule has 0 amide bonds. The first-order chi connectivity index (χ1) is 22.0. The van der Waals surface area contributed by atoms with Gasteiger partial charge in [0.2, 0.25) is 0 Å². The second-order valence-corrected chi connectivity index (χ2v) is 10.7. The van der Waals surface area contributed by atoms with Gasteiger partial charge in [-0.2, -0.15) is 0 Å². The number of hydrogen-bond acceptors (Lipinski definition) is 0. The predicted octanol–water partition coefficient (Wildman–Crippen LogP) is 12.5.